The molecular weight excluding hydrogens is 697 g/mol. The van der Waals surface area contributed by atoms with Gasteiger partial charge >= 0.3 is 0 Å². The van der Waals surface area contributed by atoms with Crippen LogP contribution in [0.5, 0.6) is 0 Å². The first-order valence-corrected chi connectivity index (χ1v) is 19.0. The van der Waals surface area contributed by atoms with Crippen LogP contribution in [0.1, 0.15) is 0 Å². The number of nitrogens with zero attached hydrogens (tertiary/aromatic N) is 6. The van der Waals surface area contributed by atoms with Crippen LogP contribution in [0.3, 0.4) is 0 Å². The summed E-state index contributed by atoms with van der Waals surface area (Å²) in [6.07, 6.45) is 12.3. The van der Waals surface area contributed by atoms with Crippen LogP contribution in [-0.2, 0) is 0 Å². The van der Waals surface area contributed by atoms with E-state index in [1.54, 1.807) is 0 Å². The molecule has 6 aromatic carbocycles. The van der Waals surface area contributed by atoms with Crippen molar-refractivity contribution in [2.24, 2.45) is 0 Å². The molecule has 0 unspecified atom stereocenters. The lowest BCUT2D eigenvalue weighted by Gasteiger charge is -2.12. The highest BCUT2D eigenvalue weighted by Crippen LogP contribution is 2.32. The van der Waals surface area contributed by atoms with E-state index in [2.05, 4.69) is 196 Å². The van der Waals surface area contributed by atoms with Crippen LogP contribution in [0.4, 0.5) is 0 Å². The summed E-state index contributed by atoms with van der Waals surface area (Å²) in [5, 5.41) is 0. The fourth-order valence-corrected chi connectivity index (χ4v) is 7.27. The molecule has 0 saturated carbocycles. The molecule has 0 aliphatic heterocycles. The van der Waals surface area contributed by atoms with Gasteiger partial charge in [0.2, 0.25) is 0 Å². The molecule has 0 bridgehead atoms. The normalized spacial score (nSPS) is 11.2. The lowest BCUT2D eigenvalue weighted by Crippen LogP contribution is -2.00. The Morgan fingerprint density at radius 3 is 0.737 bits per heavy atom. The number of rotatable bonds is 9. The van der Waals surface area contributed by atoms with E-state index in [9.17, 15) is 0 Å². The Hall–Kier alpha value is -7.83. The molecule has 0 saturated heterocycles. The summed E-state index contributed by atoms with van der Waals surface area (Å²) in [5.74, 6) is 1.84. The zero-order valence-electron chi connectivity index (χ0n) is 31.0. The molecule has 0 N–H and O–H groups in total. The molecule has 0 fully saturated rings. The van der Waals surface area contributed by atoms with Crippen LogP contribution < -0.4 is 0 Å². The van der Waals surface area contributed by atoms with E-state index in [1.165, 1.54) is 0 Å². The maximum atomic E-state index is 5.15. The van der Waals surface area contributed by atoms with Crippen molar-refractivity contribution in [1.29, 1.82) is 0 Å². The van der Waals surface area contributed by atoms with Gasteiger partial charge in [-0.1, -0.05) is 91.0 Å². The van der Waals surface area contributed by atoms with Crippen LogP contribution >= 0.6 is 0 Å². The van der Waals surface area contributed by atoms with Gasteiger partial charge in [0.05, 0.1) is 0 Å². The van der Waals surface area contributed by atoms with Crippen molar-refractivity contribution in [3.8, 4) is 84.6 Å². The van der Waals surface area contributed by atoms with Gasteiger partial charge < -0.3 is 13.7 Å². The minimum absolute atomic E-state index is 0.615. The van der Waals surface area contributed by atoms with Crippen molar-refractivity contribution >= 4 is 0 Å². The van der Waals surface area contributed by atoms with Crippen molar-refractivity contribution in [3.63, 3.8) is 0 Å². The second-order valence-corrected chi connectivity index (χ2v) is 14.0. The monoisotopic (exact) mass is 732 g/mol. The first-order chi connectivity index (χ1) is 28.2. The molecule has 10 aromatic rings. The van der Waals surface area contributed by atoms with Gasteiger partial charge in [0.15, 0.2) is 17.5 Å². The van der Waals surface area contributed by atoms with Gasteiger partial charge in [0.25, 0.3) is 0 Å². The molecule has 0 aliphatic carbocycles. The van der Waals surface area contributed by atoms with Gasteiger partial charge in [0.1, 0.15) is 0 Å². The van der Waals surface area contributed by atoms with Crippen molar-refractivity contribution in [1.82, 2.24) is 28.7 Å². The molecule has 270 valence electrons. The SMILES string of the molecule is c1cc(-c2ccc(-n3cccc3)cc2)cc(-c2nc(-c3cccc(-c4ccc(-n5cccc5)cc4)c3)nc(-c3cccc(-c4ccc(-n5cccc5)cc4)c3)n2)c1. The molecule has 4 heterocycles. The van der Waals surface area contributed by atoms with Gasteiger partial charge in [-0.15, -0.1) is 0 Å². The Morgan fingerprint density at radius 2 is 0.474 bits per heavy atom. The Labute approximate surface area is 331 Å². The van der Waals surface area contributed by atoms with Crippen LogP contribution in [-0.4, -0.2) is 28.7 Å². The van der Waals surface area contributed by atoms with Gasteiger partial charge in [-0.05, 0) is 124 Å². The minimum Gasteiger partial charge on any atom is -0.324 e. The standard InChI is InChI=1S/C51H36N6/c1-2-29-55(28-1)46-22-16-37(17-23-46)40-10-7-13-43(34-40)49-52-50(44-14-8-11-41(35-44)38-18-24-47(25-19-38)56-30-3-4-31-56)54-51(53-49)45-15-9-12-42(36-45)39-20-26-48(27-21-39)57-32-5-6-33-57/h1-36H. The predicted octanol–water partition coefficient (Wildman–Crippen LogP) is 12.2. The van der Waals surface area contributed by atoms with Crippen molar-refractivity contribution in [3.05, 3.63) is 219 Å². The molecule has 6 nitrogen and oxygen atoms in total. The lowest BCUT2D eigenvalue weighted by atomic mass is 10.0. The van der Waals surface area contributed by atoms with Crippen molar-refractivity contribution in [2.45, 2.75) is 0 Å². The third-order valence-corrected chi connectivity index (χ3v) is 10.3. The summed E-state index contributed by atoms with van der Waals surface area (Å²) in [6, 6.07) is 63.3. The molecule has 0 radical (unpaired) electrons. The summed E-state index contributed by atoms with van der Waals surface area (Å²) >= 11 is 0. The minimum atomic E-state index is 0.615. The average Bonchev–Trinajstić information content (AvgIpc) is 4.13. The molecule has 0 atom stereocenters. The van der Waals surface area contributed by atoms with E-state index in [0.29, 0.717) is 17.5 Å². The van der Waals surface area contributed by atoms with E-state index in [4.69, 9.17) is 15.0 Å². The molecule has 57 heavy (non-hydrogen) atoms. The first-order valence-electron chi connectivity index (χ1n) is 19.0. The topological polar surface area (TPSA) is 53.5 Å². The van der Waals surface area contributed by atoms with E-state index >= 15 is 0 Å². The highest BCUT2D eigenvalue weighted by molar-refractivity contribution is 5.77. The van der Waals surface area contributed by atoms with Crippen molar-refractivity contribution in [2.75, 3.05) is 0 Å². The molecular formula is C51H36N6. The Kier molecular flexibility index (Phi) is 8.74. The molecule has 10 rings (SSSR count). The van der Waals surface area contributed by atoms with Gasteiger partial charge in [-0.25, -0.2) is 15.0 Å². The highest BCUT2D eigenvalue weighted by Gasteiger charge is 2.15. The summed E-state index contributed by atoms with van der Waals surface area (Å²) in [4.78, 5) is 15.4. The summed E-state index contributed by atoms with van der Waals surface area (Å²) in [7, 11) is 0. The van der Waals surface area contributed by atoms with Crippen molar-refractivity contribution < 1.29 is 0 Å². The van der Waals surface area contributed by atoms with Crippen LogP contribution in [0.15, 0.2) is 219 Å². The third kappa shape index (κ3) is 6.99. The van der Waals surface area contributed by atoms with E-state index in [1.807, 2.05) is 36.4 Å². The smallest absolute Gasteiger partial charge is 0.164 e. The van der Waals surface area contributed by atoms with E-state index in [0.717, 1.165) is 67.1 Å². The zero-order valence-corrected chi connectivity index (χ0v) is 31.0. The average molecular weight is 733 g/mol. The molecule has 0 aliphatic rings. The third-order valence-electron chi connectivity index (χ3n) is 10.3. The molecule has 0 amide bonds. The zero-order chi connectivity index (χ0) is 38.0. The van der Waals surface area contributed by atoms with Crippen LogP contribution in [0.25, 0.3) is 84.6 Å². The maximum absolute atomic E-state index is 5.15. The number of hydrogen-bond acceptors (Lipinski definition) is 3. The quantitative estimate of drug-likeness (QED) is 0.148. The second kappa shape index (κ2) is 14.8. The Morgan fingerprint density at radius 1 is 0.228 bits per heavy atom. The van der Waals surface area contributed by atoms with E-state index < -0.39 is 0 Å². The second-order valence-electron chi connectivity index (χ2n) is 14.0. The molecule has 4 aromatic heterocycles. The maximum Gasteiger partial charge on any atom is 0.164 e. The lowest BCUT2D eigenvalue weighted by molar-refractivity contribution is 1.07. The Balaban J connectivity index is 1.04. The van der Waals surface area contributed by atoms with Crippen LogP contribution in [0.2, 0.25) is 0 Å². The van der Waals surface area contributed by atoms with Crippen LogP contribution in [0, 0.1) is 0 Å². The first kappa shape index (κ1) is 33.7. The fourth-order valence-electron chi connectivity index (χ4n) is 7.27. The largest absolute Gasteiger partial charge is 0.324 e. The Bertz CT molecular complexity index is 2570. The van der Waals surface area contributed by atoms with E-state index in [-0.39, 0.29) is 0 Å². The van der Waals surface area contributed by atoms with Gasteiger partial charge in [-0.2, -0.15) is 0 Å². The number of hydrogen-bond donors (Lipinski definition) is 0. The molecule has 6 heteroatoms. The summed E-state index contributed by atoms with van der Waals surface area (Å²) in [5.41, 5.74) is 12.7. The predicted molar refractivity (Wildman–Crippen MR) is 230 cm³/mol. The number of benzene rings is 6. The number of aromatic nitrogens is 6. The summed E-state index contributed by atoms with van der Waals surface area (Å²) < 4.78 is 6.32. The summed E-state index contributed by atoms with van der Waals surface area (Å²) in [6.45, 7) is 0. The molecule has 0 spiro atoms. The van der Waals surface area contributed by atoms with Gasteiger partial charge in [0, 0.05) is 70.9 Å². The highest BCUT2D eigenvalue weighted by atomic mass is 15.0. The van der Waals surface area contributed by atoms with Gasteiger partial charge in [-0.3, -0.25) is 0 Å². The fraction of sp³-hybridized carbons (Fsp3) is 0.